The first-order valence-electron chi connectivity index (χ1n) is 18.4. The number of Topliss-reactive ketones (excluding diaryl/α,β-unsaturated/α-hetero) is 1. The predicted molar refractivity (Wildman–Crippen MR) is 144 cm³/mol. The minimum Gasteiger partial charge on any atom is -0.363 e. The van der Waals surface area contributed by atoms with Crippen molar-refractivity contribution < 1.29 is 39.1 Å². The number of carbonyl (C=O) groups excluding carboxylic acids is 5. The van der Waals surface area contributed by atoms with Crippen LogP contribution in [0, 0.1) is 28.6 Å². The summed E-state index contributed by atoms with van der Waals surface area (Å²) in [6, 6.07) is -6.59. The van der Waals surface area contributed by atoms with Crippen LogP contribution >= 0.6 is 0 Å². The summed E-state index contributed by atoms with van der Waals surface area (Å²) in [6.07, 6.45) is -2.35. The van der Waals surface area contributed by atoms with Crippen LogP contribution in [0.4, 0.5) is 4.79 Å². The van der Waals surface area contributed by atoms with Crippen molar-refractivity contribution in [3.8, 4) is 0 Å². The van der Waals surface area contributed by atoms with E-state index in [-0.39, 0.29) is 12.5 Å². The molecule has 5 amide bonds. The molecule has 0 radical (unpaired) electrons. The third-order valence-electron chi connectivity index (χ3n) is 7.66. The molecule has 38 heavy (non-hydrogen) atoms. The molecule has 0 aromatic rings. The summed E-state index contributed by atoms with van der Waals surface area (Å²) in [7, 11) is 0. The molecule has 0 bridgehead atoms. The first-order valence-corrected chi connectivity index (χ1v) is 12.9. The second-order valence-electron chi connectivity index (χ2n) is 12.4. The fraction of sp³-hybridized carbons (Fsp3) is 0.821. The number of primary amides is 1. The topological polar surface area (TPSA) is 151 Å². The van der Waals surface area contributed by atoms with E-state index in [1.807, 2.05) is 0 Å². The highest BCUT2D eigenvalue weighted by atomic mass is 16.2. The van der Waals surface area contributed by atoms with Crippen molar-refractivity contribution in [2.45, 2.75) is 111 Å². The molecule has 1 aliphatic heterocycles. The number of nitrogens with one attached hydrogen (secondary N) is 3. The van der Waals surface area contributed by atoms with Crippen molar-refractivity contribution >= 4 is 29.5 Å². The van der Waals surface area contributed by atoms with Crippen molar-refractivity contribution in [2.75, 3.05) is 6.54 Å². The predicted octanol–water partition coefficient (Wildman–Crippen LogP) is 2.10. The maximum absolute atomic E-state index is 14.4. The van der Waals surface area contributed by atoms with Gasteiger partial charge in [0, 0.05) is 27.2 Å². The number of carbonyl (C=O) groups is 5. The first-order chi connectivity index (χ1) is 21.8. The largest absolute Gasteiger partial charge is 0.363 e. The Kier molecular flexibility index (Phi) is 4.93. The Morgan fingerprint density at radius 2 is 1.71 bits per heavy atom. The van der Waals surface area contributed by atoms with Crippen molar-refractivity contribution in [1.29, 1.82) is 0 Å². The number of nitrogens with zero attached hydrogens (tertiary/aromatic N) is 1. The highest BCUT2D eigenvalue weighted by Crippen LogP contribution is 2.65. The van der Waals surface area contributed by atoms with Gasteiger partial charge in [0.1, 0.15) is 12.1 Å². The van der Waals surface area contributed by atoms with Crippen molar-refractivity contribution in [2.24, 2.45) is 34.3 Å². The van der Waals surface area contributed by atoms with Gasteiger partial charge >= 0.3 is 6.03 Å². The van der Waals surface area contributed by atoms with Gasteiger partial charge in [-0.15, -0.1) is 0 Å². The Balaban J connectivity index is 2.11. The molecule has 2 aliphatic carbocycles. The van der Waals surface area contributed by atoms with Crippen LogP contribution in [0.1, 0.15) is 102 Å². The van der Waals surface area contributed by atoms with E-state index in [9.17, 15) is 24.0 Å². The van der Waals surface area contributed by atoms with Crippen molar-refractivity contribution in [1.82, 2.24) is 20.9 Å². The monoisotopic (exact) mass is 544 g/mol. The molecule has 5 N–H and O–H groups in total. The molecule has 3 fully saturated rings. The van der Waals surface area contributed by atoms with E-state index in [2.05, 4.69) is 16.0 Å². The molecule has 0 spiro atoms. The molecule has 10 nitrogen and oxygen atoms in total. The van der Waals surface area contributed by atoms with Gasteiger partial charge in [-0.2, -0.15) is 0 Å². The minimum atomic E-state index is -3.70. The molecule has 10 heteroatoms. The van der Waals surface area contributed by atoms with Gasteiger partial charge in [-0.1, -0.05) is 53.7 Å². The number of fused-ring (bicyclic) bond motifs is 1. The number of nitrogens with two attached hydrogens (primary N) is 1. The molecule has 214 valence electrons. The van der Waals surface area contributed by atoms with Gasteiger partial charge < -0.3 is 26.6 Å². The second-order valence-corrected chi connectivity index (χ2v) is 12.4. The Morgan fingerprint density at radius 1 is 1.08 bits per heavy atom. The number of hydrogen-bond acceptors (Lipinski definition) is 5. The van der Waals surface area contributed by atoms with Crippen LogP contribution in [0.25, 0.3) is 0 Å². The summed E-state index contributed by atoms with van der Waals surface area (Å²) in [4.78, 5) is 67.3. The summed E-state index contributed by atoms with van der Waals surface area (Å²) in [5.41, 5.74) is 0.240. The third-order valence-corrected chi connectivity index (χ3v) is 7.66. The van der Waals surface area contributed by atoms with E-state index >= 15 is 0 Å². The molecule has 1 unspecified atom stereocenters. The van der Waals surface area contributed by atoms with Gasteiger partial charge in [-0.25, -0.2) is 4.79 Å². The summed E-state index contributed by atoms with van der Waals surface area (Å²) in [5.74, 6) is -6.66. The van der Waals surface area contributed by atoms with Crippen molar-refractivity contribution in [3.05, 3.63) is 0 Å². The van der Waals surface area contributed by atoms with Gasteiger partial charge in [-0.05, 0) is 62.1 Å². The Hall–Kier alpha value is -2.65. The number of rotatable bonds is 9. The molecule has 5 atom stereocenters. The lowest BCUT2D eigenvalue weighted by Crippen LogP contribution is -2.60. The van der Waals surface area contributed by atoms with E-state index in [1.54, 1.807) is 34.6 Å². The molecular weight excluding hydrogens is 486 g/mol. The Labute approximate surface area is 242 Å². The lowest BCUT2D eigenvalue weighted by atomic mass is 9.80. The zero-order chi connectivity index (χ0) is 38.1. The normalized spacial score (nSPS) is 31.6. The molecular formula is C28H47N5O5. The summed E-state index contributed by atoms with van der Waals surface area (Å²) < 4.78 is 89.9. The van der Waals surface area contributed by atoms with Gasteiger partial charge in [0.05, 0.1) is 6.04 Å². The zero-order valence-electron chi connectivity index (χ0n) is 33.6. The molecule has 3 aliphatic rings. The highest BCUT2D eigenvalue weighted by molar-refractivity contribution is 6.37. The van der Waals surface area contributed by atoms with E-state index in [0.29, 0.717) is 19.3 Å². The third kappa shape index (κ3) is 6.86. The maximum atomic E-state index is 14.4. The van der Waals surface area contributed by atoms with Gasteiger partial charge in [0.15, 0.2) is 0 Å². The van der Waals surface area contributed by atoms with Crippen LogP contribution < -0.4 is 21.7 Å². The lowest BCUT2D eigenvalue weighted by Gasteiger charge is -2.36. The minimum absolute atomic E-state index is 0.153. The second kappa shape index (κ2) is 10.5. The average Bonchev–Trinajstić information content (AvgIpc) is 3.16. The quantitative estimate of drug-likeness (QED) is 0.328. The van der Waals surface area contributed by atoms with Gasteiger partial charge in [-0.3, -0.25) is 19.2 Å². The molecule has 1 saturated heterocycles. The van der Waals surface area contributed by atoms with Gasteiger partial charge in [0.2, 0.25) is 17.6 Å². The van der Waals surface area contributed by atoms with Crippen molar-refractivity contribution in [3.63, 3.8) is 0 Å². The Morgan fingerprint density at radius 3 is 2.21 bits per heavy atom. The summed E-state index contributed by atoms with van der Waals surface area (Å²) in [6.45, 7) is -2.89. The van der Waals surface area contributed by atoms with E-state index in [4.69, 9.17) is 20.8 Å². The fourth-order valence-corrected chi connectivity index (χ4v) is 5.42. The number of amides is 5. The van der Waals surface area contributed by atoms with E-state index in [0.717, 1.165) is 4.90 Å². The molecule has 1 heterocycles. The maximum Gasteiger partial charge on any atom is 0.315 e. The average molecular weight is 545 g/mol. The molecule has 3 rings (SSSR count). The van der Waals surface area contributed by atoms with Crippen LogP contribution in [0.2, 0.25) is 0 Å². The Bertz CT molecular complexity index is 1320. The fourth-order valence-electron chi connectivity index (χ4n) is 5.42. The number of urea groups is 1. The smallest absolute Gasteiger partial charge is 0.315 e. The van der Waals surface area contributed by atoms with Crippen LogP contribution in [0.3, 0.4) is 0 Å². The number of hydrogen-bond donors (Lipinski definition) is 4. The lowest BCUT2D eigenvalue weighted by molar-refractivity contribution is -0.144. The van der Waals surface area contributed by atoms with E-state index in [1.165, 1.54) is 0 Å². The summed E-state index contributed by atoms with van der Waals surface area (Å²) in [5, 5.41) is 7.08. The first kappa shape index (κ1) is 17.8. The number of piperidine rings is 1. The zero-order valence-corrected chi connectivity index (χ0v) is 22.6. The SMILES string of the molecule is [2H]C([2H])(C1CCC1)C(NC(=O)[C@@H]1[C@@H]2[C@H](CN1C(=O)[C@H](CC(C([2H])([2H])[2H])(C([2H])([2H])[2H])C([2H])([2H])[2H])NC(=O)NC(C)(C)C)C2(C)C)C(=O)C(N)=O. The summed E-state index contributed by atoms with van der Waals surface area (Å²) >= 11 is 0. The van der Waals surface area contributed by atoms with Gasteiger partial charge in [0.25, 0.3) is 5.91 Å². The van der Waals surface area contributed by atoms with Crippen LogP contribution in [0.15, 0.2) is 0 Å². The van der Waals surface area contributed by atoms with Crippen LogP contribution in [-0.4, -0.2) is 64.6 Å². The highest BCUT2D eigenvalue weighted by Gasteiger charge is 2.69. The number of ketones is 1. The molecule has 0 aromatic heterocycles. The standard InChI is InChI=1S/C28H47N5O5/c1-26(2,3)13-18(31-25(38)32-27(4,5)6)24(37)33-14-16-19(28(16,7)8)20(33)23(36)30-17(21(34)22(29)35)12-15-10-9-11-15/h15-20H,9-14H2,1-8H3,(H2,29,35)(H,30,36)(H2,31,32,38)/t16-,17?,18-,19-,20-/m0/s1/i1D3,2D3,3D3,12D2. The van der Waals surface area contributed by atoms with Crippen LogP contribution in [-0.2, 0) is 19.2 Å². The molecule has 0 aromatic carbocycles. The number of likely N-dealkylation sites (tertiary alicyclic amines) is 1. The van der Waals surface area contributed by atoms with E-state index < -0.39 is 109 Å². The molecule has 2 saturated carbocycles. The van der Waals surface area contributed by atoms with Crippen LogP contribution in [0.5, 0.6) is 0 Å².